The zero-order valence-electron chi connectivity index (χ0n) is 19.9. The summed E-state index contributed by atoms with van der Waals surface area (Å²) in [6.07, 6.45) is 2.95. The zero-order chi connectivity index (χ0) is 24.9. The number of carboxylic acid groups (broad SMARTS) is 1. The molecule has 1 aliphatic heterocycles. The number of aliphatic carboxylic acids is 1. The lowest BCUT2D eigenvalue weighted by molar-refractivity contribution is -0.137. The van der Waals surface area contributed by atoms with E-state index in [1.807, 2.05) is 72.8 Å². The first-order valence-corrected chi connectivity index (χ1v) is 12.3. The Morgan fingerprint density at radius 1 is 0.972 bits per heavy atom. The lowest BCUT2D eigenvalue weighted by Crippen LogP contribution is -2.32. The molecular weight excluding hydrogens is 452 g/mol. The number of para-hydroxylation sites is 1. The Labute approximate surface area is 210 Å². The number of aromatic nitrogens is 1. The monoisotopic (exact) mass is 480 g/mol. The molecular formula is C30H28N2O4. The molecule has 0 fully saturated rings. The molecule has 0 radical (unpaired) electrons. The molecule has 3 aromatic carbocycles. The molecule has 5 rings (SSSR count). The topological polar surface area (TPSA) is 88.5 Å². The molecule has 182 valence electrons. The van der Waals surface area contributed by atoms with E-state index >= 15 is 0 Å². The van der Waals surface area contributed by atoms with Gasteiger partial charge in [0.15, 0.2) is 0 Å². The number of unbranched alkanes of at least 4 members (excludes halogenated alkanes) is 1. The zero-order valence-corrected chi connectivity index (χ0v) is 19.9. The molecule has 0 bridgehead atoms. The van der Waals surface area contributed by atoms with Gasteiger partial charge in [-0.15, -0.1) is 0 Å². The maximum atomic E-state index is 13.2. The van der Waals surface area contributed by atoms with Gasteiger partial charge in [-0.3, -0.25) is 9.59 Å². The first-order valence-electron chi connectivity index (χ1n) is 12.3. The van der Waals surface area contributed by atoms with E-state index < -0.39 is 5.97 Å². The molecule has 1 unspecified atom stereocenters. The fourth-order valence-electron chi connectivity index (χ4n) is 4.72. The molecule has 36 heavy (non-hydrogen) atoms. The van der Waals surface area contributed by atoms with Crippen LogP contribution in [0.3, 0.4) is 0 Å². The van der Waals surface area contributed by atoms with Crippen LogP contribution in [0.2, 0.25) is 0 Å². The minimum Gasteiger partial charge on any atom is -0.493 e. The average molecular weight is 481 g/mol. The molecule has 4 aromatic rings. The van der Waals surface area contributed by atoms with Gasteiger partial charge in [-0.1, -0.05) is 48.5 Å². The van der Waals surface area contributed by atoms with Crippen LogP contribution < -0.4 is 10.1 Å². The Bertz CT molecular complexity index is 1400. The number of carbonyl (C=O) groups is 2. The van der Waals surface area contributed by atoms with E-state index in [9.17, 15) is 9.59 Å². The summed E-state index contributed by atoms with van der Waals surface area (Å²) in [6, 6.07) is 25.4. The Balaban J connectivity index is 1.42. The second-order valence-electron chi connectivity index (χ2n) is 9.07. The SMILES string of the molecule is O=C(O)CCCCc1cc2cc(C(=O)NC3CCOc4ccccc43)ccc2nc1-c1ccccc1. The molecule has 0 saturated carbocycles. The van der Waals surface area contributed by atoms with E-state index in [2.05, 4.69) is 11.4 Å². The minimum atomic E-state index is -0.780. The highest BCUT2D eigenvalue weighted by Crippen LogP contribution is 2.32. The lowest BCUT2D eigenvalue weighted by atomic mass is 9.97. The number of nitrogens with one attached hydrogen (secondary N) is 1. The van der Waals surface area contributed by atoms with Crippen LogP contribution in [-0.4, -0.2) is 28.6 Å². The van der Waals surface area contributed by atoms with Crippen molar-refractivity contribution in [3.05, 3.63) is 95.6 Å². The average Bonchev–Trinajstić information content (AvgIpc) is 2.91. The normalized spacial score (nSPS) is 14.6. The van der Waals surface area contributed by atoms with Gasteiger partial charge in [-0.2, -0.15) is 0 Å². The number of carboxylic acids is 1. The van der Waals surface area contributed by atoms with Crippen LogP contribution in [0.4, 0.5) is 0 Å². The Kier molecular flexibility index (Phi) is 6.94. The molecule has 2 N–H and O–H groups in total. The van der Waals surface area contributed by atoms with Gasteiger partial charge >= 0.3 is 5.97 Å². The van der Waals surface area contributed by atoms with Crippen molar-refractivity contribution in [3.8, 4) is 17.0 Å². The van der Waals surface area contributed by atoms with Gasteiger partial charge in [0.2, 0.25) is 0 Å². The van der Waals surface area contributed by atoms with Crippen molar-refractivity contribution in [2.75, 3.05) is 6.61 Å². The van der Waals surface area contributed by atoms with Gasteiger partial charge in [0.1, 0.15) is 5.75 Å². The highest BCUT2D eigenvalue weighted by Gasteiger charge is 2.23. The van der Waals surface area contributed by atoms with Crippen LogP contribution in [0.5, 0.6) is 5.75 Å². The number of amides is 1. The first kappa shape index (κ1) is 23.5. The molecule has 0 spiro atoms. The second-order valence-corrected chi connectivity index (χ2v) is 9.07. The highest BCUT2D eigenvalue weighted by atomic mass is 16.5. The number of hydrogen-bond acceptors (Lipinski definition) is 4. The highest BCUT2D eigenvalue weighted by molar-refractivity contribution is 5.98. The quantitative estimate of drug-likeness (QED) is 0.304. The Morgan fingerprint density at radius 3 is 2.61 bits per heavy atom. The molecule has 1 aliphatic rings. The van der Waals surface area contributed by atoms with Crippen molar-refractivity contribution in [1.29, 1.82) is 0 Å². The third-order valence-electron chi connectivity index (χ3n) is 6.55. The van der Waals surface area contributed by atoms with E-state index in [1.54, 1.807) is 0 Å². The van der Waals surface area contributed by atoms with Gasteiger partial charge in [0.05, 0.1) is 23.9 Å². The molecule has 1 amide bonds. The summed E-state index contributed by atoms with van der Waals surface area (Å²) in [5.74, 6) is -0.0933. The van der Waals surface area contributed by atoms with Gasteiger partial charge in [0.25, 0.3) is 5.91 Å². The fourth-order valence-corrected chi connectivity index (χ4v) is 4.72. The third kappa shape index (κ3) is 5.23. The first-order chi connectivity index (χ1) is 17.6. The maximum Gasteiger partial charge on any atom is 0.303 e. The Morgan fingerprint density at radius 2 is 1.78 bits per heavy atom. The van der Waals surface area contributed by atoms with Crippen molar-refractivity contribution in [1.82, 2.24) is 10.3 Å². The molecule has 0 saturated heterocycles. The van der Waals surface area contributed by atoms with E-state index in [-0.39, 0.29) is 18.4 Å². The summed E-state index contributed by atoms with van der Waals surface area (Å²) in [4.78, 5) is 29.1. The van der Waals surface area contributed by atoms with Gasteiger partial charge in [-0.25, -0.2) is 4.98 Å². The van der Waals surface area contributed by atoms with Crippen LogP contribution in [0.25, 0.3) is 22.2 Å². The third-order valence-corrected chi connectivity index (χ3v) is 6.55. The van der Waals surface area contributed by atoms with Gasteiger partial charge in [0, 0.05) is 34.9 Å². The molecule has 6 nitrogen and oxygen atoms in total. The van der Waals surface area contributed by atoms with Crippen molar-refractivity contribution < 1.29 is 19.4 Å². The number of fused-ring (bicyclic) bond motifs is 2. The summed E-state index contributed by atoms with van der Waals surface area (Å²) < 4.78 is 5.72. The van der Waals surface area contributed by atoms with Crippen LogP contribution in [-0.2, 0) is 11.2 Å². The summed E-state index contributed by atoms with van der Waals surface area (Å²) >= 11 is 0. The van der Waals surface area contributed by atoms with E-state index in [1.165, 1.54) is 0 Å². The van der Waals surface area contributed by atoms with Crippen LogP contribution >= 0.6 is 0 Å². The molecule has 1 aromatic heterocycles. The number of pyridine rings is 1. The predicted octanol–water partition coefficient (Wildman–Crippen LogP) is 5.95. The van der Waals surface area contributed by atoms with Crippen molar-refractivity contribution in [3.63, 3.8) is 0 Å². The smallest absolute Gasteiger partial charge is 0.303 e. The largest absolute Gasteiger partial charge is 0.493 e. The van der Waals surface area contributed by atoms with Gasteiger partial charge in [-0.05, 0) is 55.2 Å². The molecule has 1 atom stereocenters. The summed E-state index contributed by atoms with van der Waals surface area (Å²) in [5, 5.41) is 13.0. The number of ether oxygens (including phenoxy) is 1. The number of hydrogen-bond donors (Lipinski definition) is 2. The van der Waals surface area contributed by atoms with E-state index in [0.717, 1.165) is 58.3 Å². The van der Waals surface area contributed by atoms with Crippen molar-refractivity contribution in [2.45, 2.75) is 38.1 Å². The number of nitrogens with zero attached hydrogens (tertiary/aromatic N) is 1. The molecule has 0 aliphatic carbocycles. The van der Waals surface area contributed by atoms with Crippen molar-refractivity contribution in [2.24, 2.45) is 0 Å². The maximum absolute atomic E-state index is 13.2. The van der Waals surface area contributed by atoms with E-state index in [4.69, 9.17) is 14.8 Å². The van der Waals surface area contributed by atoms with E-state index in [0.29, 0.717) is 18.6 Å². The fraction of sp³-hybridized carbons (Fsp3) is 0.233. The lowest BCUT2D eigenvalue weighted by Gasteiger charge is -2.26. The van der Waals surface area contributed by atoms with Crippen LogP contribution in [0.15, 0.2) is 78.9 Å². The van der Waals surface area contributed by atoms with Crippen LogP contribution in [0, 0.1) is 0 Å². The molecule has 2 heterocycles. The number of rotatable bonds is 8. The standard InChI is InChI=1S/C30H28N2O4/c33-28(34)13-7-4-10-21-18-23-19-22(14-15-25(23)31-29(21)20-8-2-1-3-9-20)30(35)32-26-16-17-36-27-12-6-5-11-24(26)27/h1-3,5-6,8-9,11-12,14-15,18-19,26H,4,7,10,13,16-17H2,(H,32,35)(H,33,34). The number of carbonyl (C=O) groups excluding carboxylic acids is 1. The number of aryl methyl sites for hydroxylation is 1. The minimum absolute atomic E-state index is 0.0958. The predicted molar refractivity (Wildman–Crippen MR) is 139 cm³/mol. The molecule has 6 heteroatoms. The Hall–Kier alpha value is -4.19. The second kappa shape index (κ2) is 10.6. The number of benzene rings is 3. The summed E-state index contributed by atoms with van der Waals surface area (Å²) in [7, 11) is 0. The van der Waals surface area contributed by atoms with Gasteiger partial charge < -0.3 is 15.2 Å². The van der Waals surface area contributed by atoms with Crippen molar-refractivity contribution >= 4 is 22.8 Å². The summed E-state index contributed by atoms with van der Waals surface area (Å²) in [5.41, 5.74) is 5.36. The summed E-state index contributed by atoms with van der Waals surface area (Å²) in [6.45, 7) is 0.567. The van der Waals surface area contributed by atoms with Crippen LogP contribution in [0.1, 0.15) is 53.2 Å².